The first kappa shape index (κ1) is 20.6. The fourth-order valence-corrected chi connectivity index (χ4v) is 3.75. The predicted molar refractivity (Wildman–Crippen MR) is 116 cm³/mol. The summed E-state index contributed by atoms with van der Waals surface area (Å²) in [5.41, 5.74) is 2.42. The smallest absolute Gasteiger partial charge is 0.282 e. The topological polar surface area (TPSA) is 88.2 Å². The van der Waals surface area contributed by atoms with E-state index in [1.165, 1.54) is 11.8 Å². The number of anilines is 2. The zero-order valence-corrected chi connectivity index (χ0v) is 17.4. The molecule has 4 rings (SSSR count). The molecule has 31 heavy (non-hydrogen) atoms. The van der Waals surface area contributed by atoms with Gasteiger partial charge in [-0.1, -0.05) is 12.1 Å². The van der Waals surface area contributed by atoms with Gasteiger partial charge in [0.2, 0.25) is 5.91 Å². The normalized spacial score (nSPS) is 16.7. The molecule has 1 saturated heterocycles. The van der Waals surface area contributed by atoms with Crippen LogP contribution in [0.25, 0.3) is 5.57 Å². The van der Waals surface area contributed by atoms with Crippen LogP contribution in [0.4, 0.5) is 11.4 Å². The third-order valence-corrected chi connectivity index (χ3v) is 5.21. The number of hydrogen-bond acceptors (Lipinski definition) is 6. The standard InChI is InChI=1S/C23H23N3O5/c1-15(27)24-17-5-7-18(8-6-17)26-22(28)20(16-3-9-19(30-2)10-4-16)21(23(26)29)25-11-13-31-14-12-25/h3-10H,11-14H2,1-2H3,(H,24,27). The number of carbonyl (C=O) groups is 3. The average Bonchev–Trinajstić information content (AvgIpc) is 3.04. The van der Waals surface area contributed by atoms with Gasteiger partial charge in [0.1, 0.15) is 11.4 Å². The molecular weight excluding hydrogens is 398 g/mol. The molecule has 2 aliphatic rings. The Balaban J connectivity index is 1.73. The van der Waals surface area contributed by atoms with Gasteiger partial charge in [-0.05, 0) is 42.0 Å². The van der Waals surface area contributed by atoms with Crippen LogP contribution < -0.4 is 15.0 Å². The second kappa shape index (κ2) is 8.61. The summed E-state index contributed by atoms with van der Waals surface area (Å²) >= 11 is 0. The molecule has 2 heterocycles. The third-order valence-electron chi connectivity index (χ3n) is 5.21. The Hall–Kier alpha value is -3.65. The van der Waals surface area contributed by atoms with Gasteiger partial charge >= 0.3 is 0 Å². The summed E-state index contributed by atoms with van der Waals surface area (Å²) in [5, 5.41) is 2.68. The summed E-state index contributed by atoms with van der Waals surface area (Å²) in [7, 11) is 1.57. The van der Waals surface area contributed by atoms with Crippen molar-refractivity contribution in [3.8, 4) is 5.75 Å². The molecule has 2 aliphatic heterocycles. The highest BCUT2D eigenvalue weighted by Gasteiger charge is 2.42. The molecule has 0 atom stereocenters. The van der Waals surface area contributed by atoms with Crippen molar-refractivity contribution in [2.45, 2.75) is 6.92 Å². The first-order chi connectivity index (χ1) is 15.0. The molecule has 1 fully saturated rings. The largest absolute Gasteiger partial charge is 0.497 e. The van der Waals surface area contributed by atoms with Crippen molar-refractivity contribution < 1.29 is 23.9 Å². The number of hydrogen-bond donors (Lipinski definition) is 1. The van der Waals surface area contributed by atoms with Crippen LogP contribution in [-0.2, 0) is 19.1 Å². The fourth-order valence-electron chi connectivity index (χ4n) is 3.75. The van der Waals surface area contributed by atoms with Crippen molar-refractivity contribution in [1.29, 1.82) is 0 Å². The lowest BCUT2D eigenvalue weighted by Crippen LogP contribution is -2.40. The van der Waals surface area contributed by atoms with Gasteiger partial charge in [0.05, 0.1) is 31.6 Å². The SMILES string of the molecule is COc1ccc(C2=C(N3CCOCC3)C(=O)N(c3ccc(NC(C)=O)cc3)C2=O)cc1. The Labute approximate surface area is 180 Å². The molecule has 160 valence electrons. The Morgan fingerprint density at radius 2 is 1.61 bits per heavy atom. The van der Waals surface area contributed by atoms with Crippen LogP contribution >= 0.6 is 0 Å². The van der Waals surface area contributed by atoms with Crippen LogP contribution in [0.1, 0.15) is 12.5 Å². The quantitative estimate of drug-likeness (QED) is 0.746. The predicted octanol–water partition coefficient (Wildman–Crippen LogP) is 2.27. The minimum Gasteiger partial charge on any atom is -0.497 e. The number of rotatable bonds is 5. The Bertz CT molecular complexity index is 1040. The van der Waals surface area contributed by atoms with Crippen LogP contribution in [0.15, 0.2) is 54.2 Å². The number of morpholine rings is 1. The molecule has 1 N–H and O–H groups in total. The monoisotopic (exact) mass is 421 g/mol. The van der Waals surface area contributed by atoms with Crippen molar-refractivity contribution in [2.75, 3.05) is 43.6 Å². The number of ether oxygens (including phenoxy) is 2. The highest BCUT2D eigenvalue weighted by molar-refractivity contribution is 6.45. The maximum atomic E-state index is 13.5. The van der Waals surface area contributed by atoms with E-state index < -0.39 is 0 Å². The highest BCUT2D eigenvalue weighted by atomic mass is 16.5. The lowest BCUT2D eigenvalue weighted by molar-refractivity contribution is -0.121. The maximum Gasteiger partial charge on any atom is 0.282 e. The molecule has 2 aromatic rings. The van der Waals surface area contributed by atoms with Crippen LogP contribution in [0.5, 0.6) is 5.75 Å². The average molecular weight is 421 g/mol. The molecule has 0 spiro atoms. The van der Waals surface area contributed by atoms with Gasteiger partial charge in [0.25, 0.3) is 11.8 Å². The van der Waals surface area contributed by atoms with E-state index in [0.717, 1.165) is 0 Å². The fraction of sp³-hybridized carbons (Fsp3) is 0.261. The van der Waals surface area contributed by atoms with E-state index in [1.807, 2.05) is 4.90 Å². The van der Waals surface area contributed by atoms with Crippen LogP contribution in [-0.4, -0.2) is 56.0 Å². The van der Waals surface area contributed by atoms with Crippen LogP contribution in [0.2, 0.25) is 0 Å². The zero-order chi connectivity index (χ0) is 22.0. The van der Waals surface area contributed by atoms with Gasteiger partial charge in [-0.2, -0.15) is 0 Å². The van der Waals surface area contributed by atoms with E-state index in [1.54, 1.807) is 55.6 Å². The van der Waals surface area contributed by atoms with Gasteiger partial charge in [0, 0.05) is 25.7 Å². The molecule has 0 radical (unpaired) electrons. The summed E-state index contributed by atoms with van der Waals surface area (Å²) in [4.78, 5) is 41.3. The molecule has 0 bridgehead atoms. The third kappa shape index (κ3) is 4.02. The number of carbonyl (C=O) groups excluding carboxylic acids is 3. The lowest BCUT2D eigenvalue weighted by atomic mass is 10.0. The molecule has 0 aromatic heterocycles. The molecule has 0 unspecified atom stereocenters. The van der Waals surface area contributed by atoms with Gasteiger partial charge in [0.15, 0.2) is 0 Å². The molecule has 2 aromatic carbocycles. The number of imide groups is 1. The summed E-state index contributed by atoms with van der Waals surface area (Å²) in [6.07, 6.45) is 0. The molecule has 8 heteroatoms. The van der Waals surface area contributed by atoms with Crippen LogP contribution in [0, 0.1) is 0 Å². The summed E-state index contributed by atoms with van der Waals surface area (Å²) in [5.74, 6) is -0.285. The van der Waals surface area contributed by atoms with Gasteiger partial charge < -0.3 is 19.7 Å². The molecule has 0 aliphatic carbocycles. The van der Waals surface area contributed by atoms with Crippen molar-refractivity contribution in [1.82, 2.24) is 4.90 Å². The number of amides is 3. The van der Waals surface area contributed by atoms with E-state index >= 15 is 0 Å². The summed E-state index contributed by atoms with van der Waals surface area (Å²) in [6, 6.07) is 13.7. The number of nitrogens with zero attached hydrogens (tertiary/aromatic N) is 2. The Morgan fingerprint density at radius 3 is 2.19 bits per heavy atom. The second-order valence-electron chi connectivity index (χ2n) is 7.23. The summed E-state index contributed by atoms with van der Waals surface area (Å²) < 4.78 is 10.6. The van der Waals surface area contributed by atoms with Crippen molar-refractivity contribution in [3.63, 3.8) is 0 Å². The number of benzene rings is 2. The zero-order valence-electron chi connectivity index (χ0n) is 17.4. The van der Waals surface area contributed by atoms with E-state index in [0.29, 0.717) is 60.3 Å². The highest BCUT2D eigenvalue weighted by Crippen LogP contribution is 2.36. The molecular formula is C23H23N3O5. The van der Waals surface area contributed by atoms with E-state index in [2.05, 4.69) is 5.32 Å². The molecule has 3 amide bonds. The lowest BCUT2D eigenvalue weighted by Gasteiger charge is -2.29. The maximum absolute atomic E-state index is 13.5. The minimum absolute atomic E-state index is 0.195. The number of nitrogens with one attached hydrogen (secondary N) is 1. The Kier molecular flexibility index (Phi) is 5.73. The first-order valence-corrected chi connectivity index (χ1v) is 9.97. The van der Waals surface area contributed by atoms with E-state index in [4.69, 9.17) is 9.47 Å². The second-order valence-corrected chi connectivity index (χ2v) is 7.23. The number of methoxy groups -OCH3 is 1. The van der Waals surface area contributed by atoms with Crippen molar-refractivity contribution >= 4 is 34.7 Å². The first-order valence-electron chi connectivity index (χ1n) is 9.97. The molecule has 0 saturated carbocycles. The van der Waals surface area contributed by atoms with Crippen molar-refractivity contribution in [3.05, 3.63) is 59.8 Å². The van der Waals surface area contributed by atoms with Gasteiger partial charge in [-0.3, -0.25) is 14.4 Å². The Morgan fingerprint density at radius 1 is 0.968 bits per heavy atom. The van der Waals surface area contributed by atoms with E-state index in [-0.39, 0.29) is 17.7 Å². The minimum atomic E-state index is -0.385. The van der Waals surface area contributed by atoms with E-state index in [9.17, 15) is 14.4 Å². The summed E-state index contributed by atoms with van der Waals surface area (Å²) in [6.45, 7) is 3.46. The van der Waals surface area contributed by atoms with Crippen molar-refractivity contribution in [2.24, 2.45) is 0 Å². The van der Waals surface area contributed by atoms with Gasteiger partial charge in [-0.15, -0.1) is 0 Å². The van der Waals surface area contributed by atoms with Gasteiger partial charge in [-0.25, -0.2) is 4.90 Å². The van der Waals surface area contributed by atoms with Crippen LogP contribution in [0.3, 0.4) is 0 Å². The molecule has 8 nitrogen and oxygen atoms in total.